The molecule has 18 heavy (non-hydrogen) atoms. The highest BCUT2D eigenvalue weighted by atomic mass is 16.1. The Morgan fingerprint density at radius 2 is 2.17 bits per heavy atom. The molecule has 0 aliphatic rings. The number of nitrogens with zero attached hydrogens (tertiary/aromatic N) is 4. The Morgan fingerprint density at radius 1 is 1.39 bits per heavy atom. The minimum absolute atomic E-state index is 0.0314. The van der Waals surface area contributed by atoms with Gasteiger partial charge in [-0.1, -0.05) is 0 Å². The summed E-state index contributed by atoms with van der Waals surface area (Å²) in [5, 5.41) is 4.13. The lowest BCUT2D eigenvalue weighted by molar-refractivity contribution is 0.101. The van der Waals surface area contributed by atoms with Crippen LogP contribution < -0.4 is 4.90 Å². The number of hydrogen-bond acceptors (Lipinski definition) is 4. The van der Waals surface area contributed by atoms with Crippen molar-refractivity contribution in [2.24, 2.45) is 7.05 Å². The van der Waals surface area contributed by atoms with E-state index in [1.165, 1.54) is 6.92 Å². The lowest BCUT2D eigenvalue weighted by Gasteiger charge is -2.17. The topological polar surface area (TPSA) is 51.0 Å². The van der Waals surface area contributed by atoms with E-state index in [2.05, 4.69) is 10.1 Å². The van der Waals surface area contributed by atoms with Gasteiger partial charge in [0.15, 0.2) is 5.78 Å². The van der Waals surface area contributed by atoms with Crippen molar-refractivity contribution in [2.75, 3.05) is 11.9 Å². The average molecular weight is 244 g/mol. The standard InChI is InChI=1S/C13H16N4O/c1-10(18)12-4-5-13(14-7-12)16(2)8-11-6-15-17(3)9-11/h4-7,9H,8H2,1-3H3. The molecule has 0 unspecified atom stereocenters. The highest BCUT2D eigenvalue weighted by Gasteiger charge is 2.06. The lowest BCUT2D eigenvalue weighted by Crippen LogP contribution is -2.17. The summed E-state index contributed by atoms with van der Waals surface area (Å²) < 4.78 is 1.77. The van der Waals surface area contributed by atoms with Gasteiger partial charge in [0.05, 0.1) is 6.20 Å². The van der Waals surface area contributed by atoms with Crippen LogP contribution in [0.1, 0.15) is 22.8 Å². The number of aryl methyl sites for hydroxylation is 1. The van der Waals surface area contributed by atoms with E-state index >= 15 is 0 Å². The fourth-order valence-electron chi connectivity index (χ4n) is 1.73. The molecular formula is C13H16N4O. The molecule has 0 aliphatic heterocycles. The molecule has 0 aliphatic carbocycles. The summed E-state index contributed by atoms with van der Waals surface area (Å²) in [5.41, 5.74) is 1.76. The molecule has 0 atom stereocenters. The molecule has 0 radical (unpaired) electrons. The first-order valence-corrected chi connectivity index (χ1v) is 5.72. The zero-order valence-electron chi connectivity index (χ0n) is 10.8. The average Bonchev–Trinajstić information content (AvgIpc) is 2.75. The van der Waals surface area contributed by atoms with Crippen molar-refractivity contribution in [1.29, 1.82) is 0 Å². The van der Waals surface area contributed by atoms with Crippen molar-refractivity contribution in [3.63, 3.8) is 0 Å². The van der Waals surface area contributed by atoms with Crippen LogP contribution in [0.4, 0.5) is 5.82 Å². The summed E-state index contributed by atoms with van der Waals surface area (Å²) >= 11 is 0. The van der Waals surface area contributed by atoms with Crippen LogP contribution in [0.2, 0.25) is 0 Å². The molecule has 2 rings (SSSR count). The number of carbonyl (C=O) groups is 1. The van der Waals surface area contributed by atoms with Gasteiger partial charge < -0.3 is 4.90 Å². The molecule has 94 valence electrons. The number of anilines is 1. The molecule has 2 aromatic heterocycles. The quantitative estimate of drug-likeness (QED) is 0.767. The van der Waals surface area contributed by atoms with Crippen LogP contribution in [0.5, 0.6) is 0 Å². The molecule has 0 saturated heterocycles. The van der Waals surface area contributed by atoms with Gasteiger partial charge in [-0.05, 0) is 19.1 Å². The van der Waals surface area contributed by atoms with Gasteiger partial charge in [-0.3, -0.25) is 9.48 Å². The SMILES string of the molecule is CC(=O)c1ccc(N(C)Cc2cnn(C)c2)nc1. The zero-order valence-corrected chi connectivity index (χ0v) is 10.8. The second-order valence-corrected chi connectivity index (χ2v) is 4.34. The molecule has 0 saturated carbocycles. The summed E-state index contributed by atoms with van der Waals surface area (Å²) in [6.07, 6.45) is 5.41. The molecule has 5 heteroatoms. The Kier molecular flexibility index (Phi) is 3.41. The highest BCUT2D eigenvalue weighted by molar-refractivity contribution is 5.93. The number of Topliss-reactive ketones (excluding diaryl/α,β-unsaturated/α-hetero) is 1. The second kappa shape index (κ2) is 5.00. The van der Waals surface area contributed by atoms with Gasteiger partial charge in [0.2, 0.25) is 0 Å². The van der Waals surface area contributed by atoms with Gasteiger partial charge in [0, 0.05) is 44.2 Å². The largest absolute Gasteiger partial charge is 0.355 e. The van der Waals surface area contributed by atoms with E-state index in [1.54, 1.807) is 16.9 Å². The fourth-order valence-corrected chi connectivity index (χ4v) is 1.73. The van der Waals surface area contributed by atoms with Crippen molar-refractivity contribution >= 4 is 11.6 Å². The first-order chi connectivity index (χ1) is 8.56. The van der Waals surface area contributed by atoms with Crippen molar-refractivity contribution < 1.29 is 4.79 Å². The fraction of sp³-hybridized carbons (Fsp3) is 0.308. The Bertz CT molecular complexity index is 544. The number of aromatic nitrogens is 3. The first kappa shape index (κ1) is 12.3. The van der Waals surface area contributed by atoms with Gasteiger partial charge in [0.1, 0.15) is 5.82 Å². The van der Waals surface area contributed by atoms with Gasteiger partial charge in [-0.2, -0.15) is 5.10 Å². The minimum atomic E-state index is 0.0314. The number of rotatable bonds is 4. The predicted octanol–water partition coefficient (Wildman–Crippen LogP) is 1.65. The van der Waals surface area contributed by atoms with Gasteiger partial charge in [0.25, 0.3) is 0 Å². The molecule has 0 fully saturated rings. The van der Waals surface area contributed by atoms with Crippen LogP contribution in [0.15, 0.2) is 30.7 Å². The molecule has 5 nitrogen and oxygen atoms in total. The van der Waals surface area contributed by atoms with Crippen molar-refractivity contribution in [2.45, 2.75) is 13.5 Å². The second-order valence-electron chi connectivity index (χ2n) is 4.34. The monoisotopic (exact) mass is 244 g/mol. The van der Waals surface area contributed by atoms with Crippen LogP contribution in [-0.2, 0) is 13.6 Å². The number of hydrogen-bond donors (Lipinski definition) is 0. The van der Waals surface area contributed by atoms with Crippen LogP contribution in [0.3, 0.4) is 0 Å². The summed E-state index contributed by atoms with van der Waals surface area (Å²) in [5.74, 6) is 0.868. The maximum Gasteiger partial charge on any atom is 0.161 e. The van der Waals surface area contributed by atoms with Gasteiger partial charge in [-0.25, -0.2) is 4.98 Å². The Morgan fingerprint density at radius 3 is 2.67 bits per heavy atom. The van der Waals surface area contributed by atoms with E-state index in [4.69, 9.17) is 0 Å². The third kappa shape index (κ3) is 2.74. The molecule has 0 amide bonds. The molecule has 2 aromatic rings. The summed E-state index contributed by atoms with van der Waals surface area (Å²) in [6.45, 7) is 2.27. The maximum absolute atomic E-state index is 11.2. The van der Waals surface area contributed by atoms with Crippen LogP contribution >= 0.6 is 0 Å². The third-order valence-corrected chi connectivity index (χ3v) is 2.72. The van der Waals surface area contributed by atoms with E-state index in [1.807, 2.05) is 37.5 Å². The number of carbonyl (C=O) groups excluding carboxylic acids is 1. The Hall–Kier alpha value is -2.17. The predicted molar refractivity (Wildman–Crippen MR) is 69.6 cm³/mol. The lowest BCUT2D eigenvalue weighted by atomic mass is 10.2. The minimum Gasteiger partial charge on any atom is -0.355 e. The zero-order chi connectivity index (χ0) is 13.1. The summed E-state index contributed by atoms with van der Waals surface area (Å²) in [6, 6.07) is 3.65. The van der Waals surface area contributed by atoms with E-state index < -0.39 is 0 Å². The van der Waals surface area contributed by atoms with Crippen molar-refractivity contribution in [3.05, 3.63) is 41.9 Å². The Balaban J connectivity index is 2.09. The van der Waals surface area contributed by atoms with Crippen molar-refractivity contribution in [1.82, 2.24) is 14.8 Å². The summed E-state index contributed by atoms with van der Waals surface area (Å²) in [7, 11) is 3.85. The maximum atomic E-state index is 11.2. The molecule has 0 spiro atoms. The third-order valence-electron chi connectivity index (χ3n) is 2.72. The molecule has 0 N–H and O–H groups in total. The molecule has 0 aromatic carbocycles. The van der Waals surface area contributed by atoms with Gasteiger partial charge >= 0.3 is 0 Å². The smallest absolute Gasteiger partial charge is 0.161 e. The van der Waals surface area contributed by atoms with Crippen LogP contribution in [-0.4, -0.2) is 27.6 Å². The molecule has 0 bridgehead atoms. The molecule has 2 heterocycles. The molecular weight excluding hydrogens is 228 g/mol. The van der Waals surface area contributed by atoms with E-state index in [-0.39, 0.29) is 5.78 Å². The first-order valence-electron chi connectivity index (χ1n) is 5.72. The van der Waals surface area contributed by atoms with Crippen molar-refractivity contribution in [3.8, 4) is 0 Å². The number of ketones is 1. The van der Waals surface area contributed by atoms with Crippen LogP contribution in [0, 0.1) is 0 Å². The highest BCUT2D eigenvalue weighted by Crippen LogP contribution is 2.13. The Labute approximate surface area is 106 Å². The van der Waals surface area contributed by atoms with E-state index in [0.717, 1.165) is 17.9 Å². The van der Waals surface area contributed by atoms with E-state index in [9.17, 15) is 4.79 Å². The van der Waals surface area contributed by atoms with Gasteiger partial charge in [-0.15, -0.1) is 0 Å². The van der Waals surface area contributed by atoms with E-state index in [0.29, 0.717) is 5.56 Å². The van der Waals surface area contributed by atoms with Crippen LogP contribution in [0.25, 0.3) is 0 Å². The normalized spacial score (nSPS) is 10.4. The number of pyridine rings is 1. The summed E-state index contributed by atoms with van der Waals surface area (Å²) in [4.78, 5) is 17.5.